The number of hydrogen-bond donors (Lipinski definition) is 1. The summed E-state index contributed by atoms with van der Waals surface area (Å²) in [6.07, 6.45) is -1.14. The second-order valence-electron chi connectivity index (χ2n) is 5.13. The van der Waals surface area contributed by atoms with Crippen LogP contribution in [0.3, 0.4) is 0 Å². The van der Waals surface area contributed by atoms with E-state index in [1.54, 1.807) is 14.0 Å². The third-order valence-electron chi connectivity index (χ3n) is 3.47. The average Bonchev–Trinajstić information content (AvgIpc) is 2.82. The highest BCUT2D eigenvalue weighted by molar-refractivity contribution is 7.46. The van der Waals surface area contributed by atoms with Gasteiger partial charge in [-0.1, -0.05) is 6.92 Å². The fourth-order valence-electron chi connectivity index (χ4n) is 2.28. The van der Waals surface area contributed by atoms with Gasteiger partial charge in [0.15, 0.2) is 8.38 Å². The van der Waals surface area contributed by atoms with E-state index in [9.17, 15) is 4.79 Å². The molecule has 1 N–H and O–H groups in total. The summed E-state index contributed by atoms with van der Waals surface area (Å²) >= 11 is 0. The highest BCUT2D eigenvalue weighted by Crippen LogP contribution is 2.41. The zero-order valence-corrected chi connectivity index (χ0v) is 14.9. The van der Waals surface area contributed by atoms with Crippen molar-refractivity contribution in [2.45, 2.75) is 50.7 Å². The van der Waals surface area contributed by atoms with Crippen molar-refractivity contribution in [2.24, 2.45) is 0 Å². The smallest absolute Gasteiger partial charge is 0.248 e. The summed E-state index contributed by atoms with van der Waals surface area (Å²) in [6.45, 7) is 12.8. The minimum Gasteiger partial charge on any atom is -0.379 e. The summed E-state index contributed by atoms with van der Waals surface area (Å²) in [6, 6.07) is -0.663. The lowest BCUT2D eigenvalue weighted by atomic mass is 9.92. The fraction of sp³-hybridized carbons (Fsp3) is 0.857. The largest absolute Gasteiger partial charge is 0.379 e. The molecular formula is C14H24BN2O5P. The molecule has 0 aliphatic carbocycles. The van der Waals surface area contributed by atoms with E-state index in [0.717, 1.165) is 0 Å². The van der Waals surface area contributed by atoms with Gasteiger partial charge >= 0.3 is 0 Å². The van der Waals surface area contributed by atoms with Crippen molar-refractivity contribution >= 4 is 22.1 Å². The van der Waals surface area contributed by atoms with Gasteiger partial charge in [-0.2, -0.15) is 0 Å². The molecule has 9 heteroatoms. The maximum atomic E-state index is 11.7. The molecule has 0 aromatic heterocycles. The maximum Gasteiger partial charge on any atom is 0.248 e. The lowest BCUT2D eigenvalue weighted by Gasteiger charge is -2.28. The molecule has 128 valence electrons. The van der Waals surface area contributed by atoms with Crippen molar-refractivity contribution in [1.82, 2.24) is 5.32 Å². The fourth-order valence-corrected chi connectivity index (χ4v) is 3.28. The number of ether oxygens (including phenoxy) is 2. The first-order chi connectivity index (χ1) is 10.9. The maximum absolute atomic E-state index is 11.7. The predicted octanol–water partition coefficient (Wildman–Crippen LogP) is 1.07. The average molecular weight is 342 g/mol. The van der Waals surface area contributed by atoms with E-state index < -0.39 is 32.7 Å². The molecule has 6 atom stereocenters. The number of nitrogens with one attached hydrogen (secondary N) is 1. The molecule has 1 amide bonds. The monoisotopic (exact) mass is 342 g/mol. The number of likely N-dealkylation sites (N-methyl/N-ethyl adjacent to an activating group) is 1. The summed E-state index contributed by atoms with van der Waals surface area (Å²) in [4.78, 5) is 14.9. The van der Waals surface area contributed by atoms with Crippen molar-refractivity contribution in [3.8, 4) is 0 Å². The Morgan fingerprint density at radius 3 is 2.78 bits per heavy atom. The number of amides is 1. The number of nitrogens with zero attached hydrogens (tertiary/aromatic N) is 1. The molecular weight excluding hydrogens is 318 g/mol. The van der Waals surface area contributed by atoms with Crippen LogP contribution < -0.4 is 5.32 Å². The molecule has 7 nitrogen and oxygen atoms in total. The molecule has 1 aliphatic rings. The molecule has 2 radical (unpaired) electrons. The molecule has 0 saturated carbocycles. The Bertz CT molecular complexity index is 422. The first-order valence-electron chi connectivity index (χ1n) is 7.59. The summed E-state index contributed by atoms with van der Waals surface area (Å²) in [5.74, 6) is -0.233. The van der Waals surface area contributed by atoms with Crippen molar-refractivity contribution in [1.29, 1.82) is 0 Å². The van der Waals surface area contributed by atoms with Crippen molar-refractivity contribution in [3.05, 3.63) is 11.4 Å². The van der Waals surface area contributed by atoms with Crippen LogP contribution in [0, 0.1) is 6.57 Å². The Hall–Kier alpha value is -0.705. The van der Waals surface area contributed by atoms with Crippen LogP contribution in [-0.4, -0.2) is 71.0 Å². The van der Waals surface area contributed by atoms with Gasteiger partial charge in [0.2, 0.25) is 12.5 Å². The van der Waals surface area contributed by atoms with Gasteiger partial charge in [0.1, 0.15) is 32.8 Å². The molecule has 3 unspecified atom stereocenters. The SMILES string of the molecule is [B][C@@H]1O[C@H](CC)[C@H](OP(C)OCC[N+]#[C-])C1OC(C)C(=O)NC. The third kappa shape index (κ3) is 6.02. The van der Waals surface area contributed by atoms with E-state index in [2.05, 4.69) is 10.2 Å². The molecule has 0 bridgehead atoms. The van der Waals surface area contributed by atoms with Gasteiger partial charge in [0.05, 0.1) is 6.10 Å². The minimum absolute atomic E-state index is 0.221. The van der Waals surface area contributed by atoms with Gasteiger partial charge in [0.25, 0.3) is 0 Å². The van der Waals surface area contributed by atoms with E-state index in [1.807, 2.05) is 13.6 Å². The minimum atomic E-state index is -1.18. The molecule has 1 rings (SSSR count). The summed E-state index contributed by atoms with van der Waals surface area (Å²) < 4.78 is 22.9. The van der Waals surface area contributed by atoms with Gasteiger partial charge in [-0.3, -0.25) is 4.79 Å². The Morgan fingerprint density at radius 1 is 1.52 bits per heavy atom. The quantitative estimate of drug-likeness (QED) is 0.294. The number of hydrogen-bond acceptors (Lipinski definition) is 5. The zero-order chi connectivity index (χ0) is 17.4. The molecule has 0 spiro atoms. The standard InChI is InChI=1S/C14H24BN2O5P/c1-6-10-11(22-23(5)19-8-7-16-3)12(13(15)21-10)20-9(2)14(18)17-4/h9-13H,6-8H2,1-2,4-5H3,(H,17,18)/t9?,10-,11+,12?,13-,23?/m1/s1. The van der Waals surface area contributed by atoms with Gasteiger partial charge in [0, 0.05) is 19.7 Å². The molecule has 1 heterocycles. The topological polar surface area (TPSA) is 70.4 Å². The number of rotatable bonds is 9. The van der Waals surface area contributed by atoms with Gasteiger partial charge in [-0.05, 0) is 13.3 Å². The van der Waals surface area contributed by atoms with Crippen LogP contribution in [-0.2, 0) is 23.3 Å². The normalized spacial score (nSPS) is 29.7. The zero-order valence-electron chi connectivity index (χ0n) is 14.0. The Kier molecular flexibility index (Phi) is 9.04. The summed E-state index contributed by atoms with van der Waals surface area (Å²) in [5, 5.41) is 2.53. The summed E-state index contributed by atoms with van der Waals surface area (Å²) in [5.41, 5.74) is 0. The van der Waals surface area contributed by atoms with Crippen molar-refractivity contribution < 1.29 is 23.3 Å². The number of carbonyl (C=O) groups excluding carboxylic acids is 1. The molecule has 1 saturated heterocycles. The van der Waals surface area contributed by atoms with Crippen LogP contribution >= 0.6 is 8.38 Å². The molecule has 1 fully saturated rings. The van der Waals surface area contributed by atoms with Crippen LogP contribution in [0.4, 0.5) is 0 Å². The Balaban J connectivity index is 2.68. The summed E-state index contributed by atoms with van der Waals surface area (Å²) in [7, 11) is 6.35. The number of carbonyl (C=O) groups is 1. The highest BCUT2D eigenvalue weighted by atomic mass is 31.2. The molecule has 1 aliphatic heterocycles. The molecule has 0 aromatic carbocycles. The lowest BCUT2D eigenvalue weighted by Crippen LogP contribution is -2.43. The van der Waals surface area contributed by atoms with E-state index >= 15 is 0 Å². The third-order valence-corrected chi connectivity index (χ3v) is 4.56. The Morgan fingerprint density at radius 2 is 2.22 bits per heavy atom. The van der Waals surface area contributed by atoms with Crippen molar-refractivity contribution in [3.63, 3.8) is 0 Å². The Labute approximate surface area is 140 Å². The first-order valence-corrected chi connectivity index (χ1v) is 9.21. The van der Waals surface area contributed by atoms with E-state index in [4.69, 9.17) is 32.9 Å². The second kappa shape index (κ2) is 10.2. The van der Waals surface area contributed by atoms with Crippen LogP contribution in [0.15, 0.2) is 0 Å². The molecule has 23 heavy (non-hydrogen) atoms. The second-order valence-corrected chi connectivity index (χ2v) is 6.48. The van der Waals surface area contributed by atoms with Crippen LogP contribution in [0.2, 0.25) is 0 Å². The predicted molar refractivity (Wildman–Crippen MR) is 88.2 cm³/mol. The van der Waals surface area contributed by atoms with Gasteiger partial charge in [-0.15, -0.1) is 0 Å². The van der Waals surface area contributed by atoms with E-state index in [0.29, 0.717) is 19.6 Å². The van der Waals surface area contributed by atoms with E-state index in [1.165, 1.54) is 0 Å². The van der Waals surface area contributed by atoms with Crippen molar-refractivity contribution in [2.75, 3.05) is 26.9 Å². The highest BCUT2D eigenvalue weighted by Gasteiger charge is 2.45. The van der Waals surface area contributed by atoms with Crippen LogP contribution in [0.5, 0.6) is 0 Å². The van der Waals surface area contributed by atoms with Crippen LogP contribution in [0.1, 0.15) is 20.3 Å². The van der Waals surface area contributed by atoms with Gasteiger partial charge < -0.3 is 28.7 Å². The first kappa shape index (κ1) is 20.3. The lowest BCUT2D eigenvalue weighted by molar-refractivity contribution is -0.138. The molecule has 0 aromatic rings. The van der Waals surface area contributed by atoms with Crippen LogP contribution in [0.25, 0.3) is 4.85 Å². The van der Waals surface area contributed by atoms with E-state index in [-0.39, 0.29) is 12.0 Å². The van der Waals surface area contributed by atoms with Gasteiger partial charge in [-0.25, -0.2) is 6.57 Å².